The van der Waals surface area contributed by atoms with Crippen molar-refractivity contribution in [3.05, 3.63) is 12.2 Å². The molecule has 0 N–H and O–H groups in total. The molecule has 0 aromatic rings. The van der Waals surface area contributed by atoms with Gasteiger partial charge in [-0.3, -0.25) is 4.79 Å². The van der Waals surface area contributed by atoms with Gasteiger partial charge >= 0.3 is 0 Å². The minimum atomic E-state index is -0.511. The first-order valence-corrected chi connectivity index (χ1v) is 5.00. The van der Waals surface area contributed by atoms with E-state index < -0.39 is 5.60 Å². The standard InChI is InChI=1S/C11H18O2/c1-4-5-6-7-8-10(12)11(3)9(2)13-11/h7-9H,4-6H2,1-3H3/b8-7+. The molecule has 1 aliphatic heterocycles. The second-order valence-electron chi connectivity index (χ2n) is 3.78. The number of hydrogen-bond donors (Lipinski definition) is 0. The fourth-order valence-corrected chi connectivity index (χ4v) is 1.27. The number of unbranched alkanes of at least 4 members (excludes halogenated alkanes) is 2. The summed E-state index contributed by atoms with van der Waals surface area (Å²) in [5, 5.41) is 0. The Bertz CT molecular complexity index is 220. The number of ether oxygens (including phenoxy) is 1. The van der Waals surface area contributed by atoms with Crippen molar-refractivity contribution in [1.82, 2.24) is 0 Å². The number of carbonyl (C=O) groups is 1. The minimum absolute atomic E-state index is 0.0934. The molecule has 1 saturated heterocycles. The summed E-state index contributed by atoms with van der Waals surface area (Å²) in [6.07, 6.45) is 7.02. The molecule has 13 heavy (non-hydrogen) atoms. The lowest BCUT2D eigenvalue weighted by molar-refractivity contribution is -0.118. The minimum Gasteiger partial charge on any atom is -0.358 e. The van der Waals surface area contributed by atoms with Crippen LogP contribution in [0.3, 0.4) is 0 Å². The topological polar surface area (TPSA) is 29.6 Å². The van der Waals surface area contributed by atoms with Crippen molar-refractivity contribution in [3.8, 4) is 0 Å². The Hall–Kier alpha value is -0.630. The summed E-state index contributed by atoms with van der Waals surface area (Å²) in [6.45, 7) is 5.92. The second kappa shape index (κ2) is 4.05. The summed E-state index contributed by atoms with van der Waals surface area (Å²) < 4.78 is 5.22. The predicted octanol–water partition coefficient (Wildman–Crippen LogP) is 2.48. The largest absolute Gasteiger partial charge is 0.358 e. The first-order chi connectivity index (χ1) is 6.11. The van der Waals surface area contributed by atoms with Gasteiger partial charge < -0.3 is 4.74 Å². The highest BCUT2D eigenvalue weighted by molar-refractivity contribution is 5.99. The molecule has 0 saturated carbocycles. The molecule has 1 heterocycles. The van der Waals surface area contributed by atoms with Crippen LogP contribution in [0.25, 0.3) is 0 Å². The Morgan fingerprint density at radius 2 is 2.23 bits per heavy atom. The normalized spacial score (nSPS) is 32.4. The molecule has 74 valence electrons. The van der Waals surface area contributed by atoms with E-state index in [-0.39, 0.29) is 11.9 Å². The molecule has 0 aromatic carbocycles. The highest BCUT2D eigenvalue weighted by atomic mass is 16.6. The number of allylic oxidation sites excluding steroid dienone is 1. The van der Waals surface area contributed by atoms with Gasteiger partial charge in [0.25, 0.3) is 0 Å². The Kier molecular flexibility index (Phi) is 3.26. The van der Waals surface area contributed by atoms with Gasteiger partial charge in [-0.15, -0.1) is 0 Å². The van der Waals surface area contributed by atoms with Gasteiger partial charge in [0.1, 0.15) is 0 Å². The van der Waals surface area contributed by atoms with E-state index in [2.05, 4.69) is 6.92 Å². The number of hydrogen-bond acceptors (Lipinski definition) is 2. The molecule has 0 aromatic heterocycles. The highest BCUT2D eigenvalue weighted by Crippen LogP contribution is 2.36. The molecule has 1 fully saturated rings. The van der Waals surface area contributed by atoms with Crippen molar-refractivity contribution in [1.29, 1.82) is 0 Å². The number of carbonyl (C=O) groups excluding carboxylic acids is 1. The van der Waals surface area contributed by atoms with Gasteiger partial charge in [0.05, 0.1) is 6.10 Å². The summed E-state index contributed by atoms with van der Waals surface area (Å²) in [5.74, 6) is 0.108. The van der Waals surface area contributed by atoms with Gasteiger partial charge in [-0.2, -0.15) is 0 Å². The van der Waals surface area contributed by atoms with Gasteiger partial charge in [0, 0.05) is 0 Å². The van der Waals surface area contributed by atoms with Crippen molar-refractivity contribution in [2.45, 2.75) is 51.7 Å². The molecular formula is C11H18O2. The quantitative estimate of drug-likeness (QED) is 0.371. The first-order valence-electron chi connectivity index (χ1n) is 5.00. The third-order valence-electron chi connectivity index (χ3n) is 2.62. The SMILES string of the molecule is CCCC/C=C/C(=O)C1(C)OC1C. The van der Waals surface area contributed by atoms with E-state index in [0.29, 0.717) is 0 Å². The van der Waals surface area contributed by atoms with Crippen LogP contribution in [0.2, 0.25) is 0 Å². The number of ketones is 1. The third-order valence-corrected chi connectivity index (χ3v) is 2.62. The zero-order valence-electron chi connectivity index (χ0n) is 8.67. The Morgan fingerprint density at radius 1 is 1.62 bits per heavy atom. The number of epoxide rings is 1. The summed E-state index contributed by atoms with van der Waals surface area (Å²) in [4.78, 5) is 11.5. The van der Waals surface area contributed by atoms with E-state index in [1.165, 1.54) is 6.42 Å². The third kappa shape index (κ3) is 2.41. The zero-order valence-corrected chi connectivity index (χ0v) is 8.67. The molecular weight excluding hydrogens is 164 g/mol. The average molecular weight is 182 g/mol. The molecule has 2 atom stereocenters. The van der Waals surface area contributed by atoms with Crippen LogP contribution < -0.4 is 0 Å². The molecule has 1 rings (SSSR count). The van der Waals surface area contributed by atoms with Crippen molar-refractivity contribution in [2.24, 2.45) is 0 Å². The van der Waals surface area contributed by atoms with Crippen molar-refractivity contribution >= 4 is 5.78 Å². The average Bonchev–Trinajstić information content (AvgIpc) is 2.70. The summed E-state index contributed by atoms with van der Waals surface area (Å²) in [5.41, 5.74) is -0.511. The first kappa shape index (κ1) is 10.5. The van der Waals surface area contributed by atoms with Crippen LogP contribution >= 0.6 is 0 Å². The van der Waals surface area contributed by atoms with Gasteiger partial charge in [-0.1, -0.05) is 25.8 Å². The Labute approximate surface area is 80.0 Å². The molecule has 1 aliphatic rings. The number of rotatable bonds is 5. The van der Waals surface area contributed by atoms with Gasteiger partial charge in [0.15, 0.2) is 11.4 Å². The van der Waals surface area contributed by atoms with Crippen LogP contribution in [0.15, 0.2) is 12.2 Å². The molecule has 2 unspecified atom stereocenters. The Balaban J connectivity index is 2.29. The molecule has 0 amide bonds. The Morgan fingerprint density at radius 3 is 2.69 bits per heavy atom. The maximum Gasteiger partial charge on any atom is 0.189 e. The fourth-order valence-electron chi connectivity index (χ4n) is 1.27. The monoisotopic (exact) mass is 182 g/mol. The van der Waals surface area contributed by atoms with E-state index in [1.54, 1.807) is 6.08 Å². The van der Waals surface area contributed by atoms with Crippen LogP contribution in [0.5, 0.6) is 0 Å². The molecule has 2 heteroatoms. The van der Waals surface area contributed by atoms with E-state index in [9.17, 15) is 4.79 Å². The van der Waals surface area contributed by atoms with Crippen molar-refractivity contribution < 1.29 is 9.53 Å². The van der Waals surface area contributed by atoms with Crippen LogP contribution in [0, 0.1) is 0 Å². The van der Waals surface area contributed by atoms with Crippen LogP contribution in [-0.4, -0.2) is 17.5 Å². The summed E-state index contributed by atoms with van der Waals surface area (Å²) in [6, 6.07) is 0. The van der Waals surface area contributed by atoms with E-state index >= 15 is 0 Å². The van der Waals surface area contributed by atoms with Crippen LogP contribution in [0.1, 0.15) is 40.0 Å². The van der Waals surface area contributed by atoms with E-state index in [1.807, 2.05) is 19.9 Å². The zero-order chi connectivity index (χ0) is 9.90. The maximum atomic E-state index is 11.5. The van der Waals surface area contributed by atoms with Gasteiger partial charge in [-0.05, 0) is 26.3 Å². The summed E-state index contributed by atoms with van der Waals surface area (Å²) >= 11 is 0. The van der Waals surface area contributed by atoms with Crippen molar-refractivity contribution in [2.75, 3.05) is 0 Å². The molecule has 0 bridgehead atoms. The lowest BCUT2D eigenvalue weighted by atomic mass is 10.0. The van der Waals surface area contributed by atoms with E-state index in [4.69, 9.17) is 4.74 Å². The molecule has 0 aliphatic carbocycles. The molecule has 0 spiro atoms. The predicted molar refractivity (Wildman–Crippen MR) is 52.6 cm³/mol. The van der Waals surface area contributed by atoms with Gasteiger partial charge in [-0.25, -0.2) is 0 Å². The highest BCUT2D eigenvalue weighted by Gasteiger charge is 2.53. The van der Waals surface area contributed by atoms with Gasteiger partial charge in [0.2, 0.25) is 0 Å². The fraction of sp³-hybridized carbons (Fsp3) is 0.727. The second-order valence-corrected chi connectivity index (χ2v) is 3.78. The van der Waals surface area contributed by atoms with Crippen molar-refractivity contribution in [3.63, 3.8) is 0 Å². The molecule has 2 nitrogen and oxygen atoms in total. The summed E-state index contributed by atoms with van der Waals surface area (Å²) in [7, 11) is 0. The smallest absolute Gasteiger partial charge is 0.189 e. The van der Waals surface area contributed by atoms with Crippen LogP contribution in [-0.2, 0) is 9.53 Å². The van der Waals surface area contributed by atoms with Crippen LogP contribution in [0.4, 0.5) is 0 Å². The van der Waals surface area contributed by atoms with E-state index in [0.717, 1.165) is 12.8 Å². The maximum absolute atomic E-state index is 11.5. The molecule has 0 radical (unpaired) electrons. The lowest BCUT2D eigenvalue weighted by Gasteiger charge is -1.98. The lowest BCUT2D eigenvalue weighted by Crippen LogP contribution is -2.20.